The van der Waals surface area contributed by atoms with E-state index in [-0.39, 0.29) is 5.91 Å². The molecule has 2 saturated heterocycles. The van der Waals surface area contributed by atoms with E-state index in [1.165, 1.54) is 18.5 Å². The Morgan fingerprint density at radius 3 is 2.65 bits per heavy atom. The smallest absolute Gasteiger partial charge is 0.224 e. The molecule has 0 bridgehead atoms. The van der Waals surface area contributed by atoms with Crippen molar-refractivity contribution in [2.24, 2.45) is 5.92 Å². The van der Waals surface area contributed by atoms with Gasteiger partial charge < -0.3 is 15.5 Å². The Bertz CT molecular complexity index is 445. The molecule has 0 radical (unpaired) electrons. The minimum atomic E-state index is 0.132. The third-order valence-electron chi connectivity index (χ3n) is 4.26. The van der Waals surface area contributed by atoms with Crippen molar-refractivity contribution in [1.82, 2.24) is 5.32 Å². The summed E-state index contributed by atoms with van der Waals surface area (Å²) < 4.78 is 0. The van der Waals surface area contributed by atoms with Gasteiger partial charge in [-0.2, -0.15) is 0 Å². The van der Waals surface area contributed by atoms with Crippen LogP contribution in [0.25, 0.3) is 0 Å². The second-order valence-corrected chi connectivity index (χ2v) is 5.85. The van der Waals surface area contributed by atoms with E-state index in [0.29, 0.717) is 12.3 Å². The maximum atomic E-state index is 12.0. The van der Waals surface area contributed by atoms with Gasteiger partial charge in [-0.15, -0.1) is 0 Å². The summed E-state index contributed by atoms with van der Waals surface area (Å²) in [5.41, 5.74) is 2.17. The van der Waals surface area contributed by atoms with Crippen molar-refractivity contribution in [3.8, 4) is 0 Å². The van der Waals surface area contributed by atoms with Gasteiger partial charge in [0.2, 0.25) is 5.91 Å². The molecule has 4 heteroatoms. The van der Waals surface area contributed by atoms with Gasteiger partial charge in [-0.25, -0.2) is 0 Å². The van der Waals surface area contributed by atoms with Crippen LogP contribution in [0.5, 0.6) is 0 Å². The molecule has 0 aromatic heterocycles. The lowest BCUT2D eigenvalue weighted by Crippen LogP contribution is -2.19. The fourth-order valence-corrected chi connectivity index (χ4v) is 3.09. The van der Waals surface area contributed by atoms with Crippen molar-refractivity contribution < 1.29 is 4.79 Å². The quantitative estimate of drug-likeness (QED) is 0.884. The van der Waals surface area contributed by atoms with E-state index in [2.05, 4.69) is 27.7 Å². The van der Waals surface area contributed by atoms with Crippen LogP contribution in [0.4, 0.5) is 11.4 Å². The van der Waals surface area contributed by atoms with Crippen LogP contribution in [0.15, 0.2) is 24.3 Å². The summed E-state index contributed by atoms with van der Waals surface area (Å²) in [5, 5.41) is 6.30. The van der Waals surface area contributed by atoms with Crippen LogP contribution in [0.3, 0.4) is 0 Å². The lowest BCUT2D eigenvalue weighted by atomic mass is 10.0. The molecule has 2 aliphatic rings. The molecule has 1 aromatic carbocycles. The first-order chi connectivity index (χ1) is 9.81. The molecular weight excluding hydrogens is 250 g/mol. The van der Waals surface area contributed by atoms with Crippen LogP contribution in [-0.4, -0.2) is 32.1 Å². The molecule has 1 atom stereocenters. The molecule has 3 rings (SSSR count). The van der Waals surface area contributed by atoms with Crippen molar-refractivity contribution >= 4 is 17.3 Å². The number of benzene rings is 1. The monoisotopic (exact) mass is 273 g/mol. The van der Waals surface area contributed by atoms with E-state index in [1.54, 1.807) is 0 Å². The molecule has 0 spiro atoms. The standard InChI is InChI=1S/C16H23N3O/c20-16(11-13-7-8-17-12-13)18-14-3-5-15(6-4-14)19-9-1-2-10-19/h3-6,13,17H,1-2,7-12H2,(H,18,20). The van der Waals surface area contributed by atoms with Crippen LogP contribution in [0, 0.1) is 5.92 Å². The normalized spacial score (nSPS) is 22.2. The van der Waals surface area contributed by atoms with Crippen molar-refractivity contribution in [3.63, 3.8) is 0 Å². The molecule has 1 unspecified atom stereocenters. The first-order valence-electron chi connectivity index (χ1n) is 7.67. The zero-order valence-electron chi connectivity index (χ0n) is 11.9. The Labute approximate surface area is 120 Å². The Balaban J connectivity index is 1.53. The predicted molar refractivity (Wildman–Crippen MR) is 82.1 cm³/mol. The van der Waals surface area contributed by atoms with Gasteiger partial charge in [0, 0.05) is 30.9 Å². The Morgan fingerprint density at radius 2 is 2.00 bits per heavy atom. The summed E-state index contributed by atoms with van der Waals surface area (Å²) >= 11 is 0. The summed E-state index contributed by atoms with van der Waals surface area (Å²) in [5.74, 6) is 0.631. The topological polar surface area (TPSA) is 44.4 Å². The molecule has 1 amide bonds. The van der Waals surface area contributed by atoms with E-state index in [9.17, 15) is 4.79 Å². The summed E-state index contributed by atoms with van der Waals surface area (Å²) in [6.07, 6.45) is 4.31. The Hall–Kier alpha value is -1.55. The highest BCUT2D eigenvalue weighted by Gasteiger charge is 2.18. The fraction of sp³-hybridized carbons (Fsp3) is 0.562. The van der Waals surface area contributed by atoms with Crippen LogP contribution >= 0.6 is 0 Å². The first kappa shape index (κ1) is 13.4. The molecule has 108 valence electrons. The number of nitrogens with zero attached hydrogens (tertiary/aromatic N) is 1. The van der Waals surface area contributed by atoms with Crippen molar-refractivity contribution in [1.29, 1.82) is 0 Å². The third kappa shape index (κ3) is 3.31. The number of rotatable bonds is 4. The highest BCUT2D eigenvalue weighted by molar-refractivity contribution is 5.91. The molecule has 4 nitrogen and oxygen atoms in total. The second-order valence-electron chi connectivity index (χ2n) is 5.85. The Kier molecular flexibility index (Phi) is 4.21. The van der Waals surface area contributed by atoms with Gasteiger partial charge in [0.1, 0.15) is 0 Å². The number of hydrogen-bond acceptors (Lipinski definition) is 3. The van der Waals surface area contributed by atoms with E-state index in [1.807, 2.05) is 12.1 Å². The van der Waals surface area contributed by atoms with Crippen LogP contribution in [0.2, 0.25) is 0 Å². The fourth-order valence-electron chi connectivity index (χ4n) is 3.09. The molecular formula is C16H23N3O. The average Bonchev–Trinajstić information content (AvgIpc) is 3.12. The van der Waals surface area contributed by atoms with E-state index in [0.717, 1.165) is 38.3 Å². The summed E-state index contributed by atoms with van der Waals surface area (Å²) in [6, 6.07) is 8.24. The molecule has 2 fully saturated rings. The number of anilines is 2. The average molecular weight is 273 g/mol. The van der Waals surface area contributed by atoms with Gasteiger partial charge in [0.25, 0.3) is 0 Å². The molecule has 2 N–H and O–H groups in total. The Morgan fingerprint density at radius 1 is 1.25 bits per heavy atom. The second kappa shape index (κ2) is 6.27. The molecule has 2 aliphatic heterocycles. The van der Waals surface area contributed by atoms with Crippen molar-refractivity contribution in [2.75, 3.05) is 36.4 Å². The maximum absolute atomic E-state index is 12.0. The molecule has 0 saturated carbocycles. The van der Waals surface area contributed by atoms with Crippen LogP contribution < -0.4 is 15.5 Å². The minimum absolute atomic E-state index is 0.132. The van der Waals surface area contributed by atoms with E-state index < -0.39 is 0 Å². The largest absolute Gasteiger partial charge is 0.372 e. The first-order valence-corrected chi connectivity index (χ1v) is 7.67. The lowest BCUT2D eigenvalue weighted by Gasteiger charge is -2.18. The highest BCUT2D eigenvalue weighted by atomic mass is 16.1. The van der Waals surface area contributed by atoms with Gasteiger partial charge in [-0.3, -0.25) is 4.79 Å². The summed E-state index contributed by atoms with van der Waals surface area (Å²) in [6.45, 7) is 4.32. The summed E-state index contributed by atoms with van der Waals surface area (Å²) in [7, 11) is 0. The summed E-state index contributed by atoms with van der Waals surface area (Å²) in [4.78, 5) is 14.4. The molecule has 0 aliphatic carbocycles. The minimum Gasteiger partial charge on any atom is -0.372 e. The van der Waals surface area contributed by atoms with Crippen LogP contribution in [0.1, 0.15) is 25.7 Å². The third-order valence-corrected chi connectivity index (χ3v) is 4.26. The zero-order chi connectivity index (χ0) is 13.8. The maximum Gasteiger partial charge on any atom is 0.224 e. The number of hydrogen-bond donors (Lipinski definition) is 2. The SMILES string of the molecule is O=C(CC1CCNC1)Nc1ccc(N2CCCC2)cc1. The van der Waals surface area contributed by atoms with Crippen LogP contribution in [-0.2, 0) is 4.79 Å². The number of amides is 1. The number of nitrogens with one attached hydrogen (secondary N) is 2. The van der Waals surface area contributed by atoms with Gasteiger partial charge in [-0.05, 0) is 62.5 Å². The lowest BCUT2D eigenvalue weighted by molar-refractivity contribution is -0.116. The van der Waals surface area contributed by atoms with Gasteiger partial charge in [0.15, 0.2) is 0 Å². The van der Waals surface area contributed by atoms with Gasteiger partial charge in [-0.1, -0.05) is 0 Å². The number of carbonyl (C=O) groups is 1. The number of carbonyl (C=O) groups excluding carboxylic acids is 1. The van der Waals surface area contributed by atoms with E-state index >= 15 is 0 Å². The highest BCUT2D eigenvalue weighted by Crippen LogP contribution is 2.22. The van der Waals surface area contributed by atoms with Gasteiger partial charge in [0.05, 0.1) is 0 Å². The van der Waals surface area contributed by atoms with Gasteiger partial charge >= 0.3 is 0 Å². The molecule has 20 heavy (non-hydrogen) atoms. The molecule has 2 heterocycles. The van der Waals surface area contributed by atoms with Crippen molar-refractivity contribution in [3.05, 3.63) is 24.3 Å². The molecule has 1 aromatic rings. The van der Waals surface area contributed by atoms with E-state index in [4.69, 9.17) is 0 Å². The van der Waals surface area contributed by atoms with Crippen molar-refractivity contribution in [2.45, 2.75) is 25.7 Å². The zero-order valence-corrected chi connectivity index (χ0v) is 11.9. The predicted octanol–water partition coefficient (Wildman–Crippen LogP) is 2.22.